The van der Waals surface area contributed by atoms with Crippen molar-refractivity contribution in [2.45, 2.75) is 19.1 Å². The Labute approximate surface area is 85.8 Å². The number of rotatable bonds is 6. The average Bonchev–Trinajstić information content (AvgIpc) is 2.15. The fourth-order valence-corrected chi connectivity index (χ4v) is 1.50. The molecule has 1 N–H and O–H groups in total. The molecule has 82 valence electrons. The number of likely N-dealkylation sites (N-methyl/N-ethyl adjacent to an activating group) is 1. The zero-order valence-corrected chi connectivity index (χ0v) is 9.63. The van der Waals surface area contributed by atoms with Gasteiger partial charge in [-0.15, -0.1) is 0 Å². The Morgan fingerprint density at radius 1 is 1.57 bits per heavy atom. The van der Waals surface area contributed by atoms with E-state index < -0.39 is 15.3 Å². The van der Waals surface area contributed by atoms with Gasteiger partial charge in [0.05, 0.1) is 6.07 Å². The molecule has 0 fully saturated rings. The molecule has 6 heteroatoms. The number of nitrogens with one attached hydrogen (secondary N) is 1. The predicted octanol–water partition coefficient (Wildman–Crippen LogP) is -0.230. The highest BCUT2D eigenvalue weighted by Crippen LogP contribution is 1.95. The summed E-state index contributed by atoms with van der Waals surface area (Å²) in [5.41, 5.74) is 0. The van der Waals surface area contributed by atoms with Crippen LogP contribution in [0.3, 0.4) is 0 Å². The number of nitriles is 1. The number of hydrogen-bond donors (Lipinski definition) is 1. The Kier molecular flexibility index (Phi) is 5.69. The van der Waals surface area contributed by atoms with Crippen LogP contribution in [0.25, 0.3) is 0 Å². The summed E-state index contributed by atoms with van der Waals surface area (Å²) in [5, 5.41) is 7.45. The standard InChI is InChI=1S/C8H17N3O2S/c1-4-11(3)6-5-10-14(12,13)8(2)7-9/h8,10H,4-6H2,1-3H3. The van der Waals surface area contributed by atoms with Crippen molar-refractivity contribution in [3.8, 4) is 6.07 Å². The van der Waals surface area contributed by atoms with Gasteiger partial charge in [-0.1, -0.05) is 6.92 Å². The monoisotopic (exact) mass is 219 g/mol. The van der Waals surface area contributed by atoms with Crippen LogP contribution in [0.2, 0.25) is 0 Å². The lowest BCUT2D eigenvalue weighted by molar-refractivity contribution is 0.358. The van der Waals surface area contributed by atoms with E-state index in [9.17, 15) is 8.42 Å². The third kappa shape index (κ3) is 4.56. The van der Waals surface area contributed by atoms with E-state index in [1.54, 1.807) is 6.07 Å². The maximum Gasteiger partial charge on any atom is 0.227 e. The molecule has 0 aromatic heterocycles. The molecule has 0 aliphatic heterocycles. The first-order valence-corrected chi connectivity index (χ1v) is 6.05. The van der Waals surface area contributed by atoms with E-state index >= 15 is 0 Å². The zero-order valence-electron chi connectivity index (χ0n) is 8.82. The summed E-state index contributed by atoms with van der Waals surface area (Å²) in [4.78, 5) is 1.99. The second kappa shape index (κ2) is 5.96. The minimum absolute atomic E-state index is 0.346. The van der Waals surface area contributed by atoms with E-state index in [1.165, 1.54) is 6.92 Å². The number of nitrogens with zero attached hydrogens (tertiary/aromatic N) is 2. The van der Waals surface area contributed by atoms with Crippen molar-refractivity contribution in [3.05, 3.63) is 0 Å². The third-order valence-corrected chi connectivity index (χ3v) is 3.63. The van der Waals surface area contributed by atoms with Gasteiger partial charge in [0.15, 0.2) is 5.25 Å². The van der Waals surface area contributed by atoms with Crippen LogP contribution in [-0.4, -0.2) is 45.2 Å². The molecule has 0 spiro atoms. The molecule has 0 aliphatic carbocycles. The molecule has 0 bridgehead atoms. The van der Waals surface area contributed by atoms with Crippen molar-refractivity contribution in [1.82, 2.24) is 9.62 Å². The number of hydrogen-bond acceptors (Lipinski definition) is 4. The minimum atomic E-state index is -3.45. The molecule has 0 rings (SSSR count). The molecule has 5 nitrogen and oxygen atoms in total. The van der Waals surface area contributed by atoms with Gasteiger partial charge >= 0.3 is 0 Å². The lowest BCUT2D eigenvalue weighted by Crippen LogP contribution is -2.37. The van der Waals surface area contributed by atoms with Crippen molar-refractivity contribution in [2.24, 2.45) is 0 Å². The average molecular weight is 219 g/mol. The van der Waals surface area contributed by atoms with Crippen LogP contribution in [0.1, 0.15) is 13.8 Å². The summed E-state index contributed by atoms with van der Waals surface area (Å²) in [6.07, 6.45) is 0. The van der Waals surface area contributed by atoms with E-state index in [-0.39, 0.29) is 0 Å². The molecular formula is C8H17N3O2S. The normalized spacial score (nSPS) is 13.9. The van der Waals surface area contributed by atoms with Crippen molar-refractivity contribution in [2.75, 3.05) is 26.7 Å². The first-order valence-electron chi connectivity index (χ1n) is 4.50. The van der Waals surface area contributed by atoms with E-state index in [0.717, 1.165) is 6.54 Å². The lowest BCUT2D eigenvalue weighted by Gasteiger charge is -2.14. The fraction of sp³-hybridized carbons (Fsp3) is 0.875. The highest BCUT2D eigenvalue weighted by molar-refractivity contribution is 7.90. The first-order chi connectivity index (χ1) is 6.44. The molecule has 0 saturated carbocycles. The molecule has 1 atom stereocenters. The molecule has 14 heavy (non-hydrogen) atoms. The van der Waals surface area contributed by atoms with Crippen LogP contribution in [0, 0.1) is 11.3 Å². The van der Waals surface area contributed by atoms with E-state index in [4.69, 9.17) is 5.26 Å². The Morgan fingerprint density at radius 2 is 2.14 bits per heavy atom. The van der Waals surface area contributed by atoms with Crippen LogP contribution in [0.15, 0.2) is 0 Å². The maximum atomic E-state index is 11.3. The van der Waals surface area contributed by atoms with E-state index in [0.29, 0.717) is 13.1 Å². The zero-order chi connectivity index (χ0) is 11.2. The van der Waals surface area contributed by atoms with Crippen molar-refractivity contribution >= 4 is 10.0 Å². The van der Waals surface area contributed by atoms with Gasteiger partial charge in [-0.05, 0) is 20.5 Å². The summed E-state index contributed by atoms with van der Waals surface area (Å²) in [5.74, 6) is 0. The Morgan fingerprint density at radius 3 is 2.57 bits per heavy atom. The van der Waals surface area contributed by atoms with Gasteiger partial charge in [0, 0.05) is 13.1 Å². The van der Waals surface area contributed by atoms with Crippen LogP contribution >= 0.6 is 0 Å². The highest BCUT2D eigenvalue weighted by Gasteiger charge is 2.18. The molecule has 0 amide bonds. The van der Waals surface area contributed by atoms with Gasteiger partial charge in [0.2, 0.25) is 10.0 Å². The van der Waals surface area contributed by atoms with Gasteiger partial charge in [-0.3, -0.25) is 0 Å². The fourth-order valence-electron chi connectivity index (χ4n) is 0.731. The summed E-state index contributed by atoms with van der Waals surface area (Å²) in [7, 11) is -1.55. The van der Waals surface area contributed by atoms with Crippen LogP contribution < -0.4 is 4.72 Å². The van der Waals surface area contributed by atoms with Crippen molar-refractivity contribution in [3.63, 3.8) is 0 Å². The molecular weight excluding hydrogens is 202 g/mol. The van der Waals surface area contributed by atoms with Gasteiger partial charge in [-0.25, -0.2) is 13.1 Å². The molecule has 0 radical (unpaired) electrons. The summed E-state index contributed by atoms with van der Waals surface area (Å²) < 4.78 is 24.9. The van der Waals surface area contributed by atoms with Crippen LogP contribution in [0.5, 0.6) is 0 Å². The van der Waals surface area contributed by atoms with Crippen molar-refractivity contribution < 1.29 is 8.42 Å². The van der Waals surface area contributed by atoms with Crippen molar-refractivity contribution in [1.29, 1.82) is 5.26 Å². The van der Waals surface area contributed by atoms with Gasteiger partial charge in [0.1, 0.15) is 0 Å². The van der Waals surface area contributed by atoms with Crippen LogP contribution in [-0.2, 0) is 10.0 Å². The van der Waals surface area contributed by atoms with Gasteiger partial charge in [0.25, 0.3) is 0 Å². The second-order valence-electron chi connectivity index (χ2n) is 3.11. The Hall–Kier alpha value is -0.640. The van der Waals surface area contributed by atoms with E-state index in [2.05, 4.69) is 4.72 Å². The van der Waals surface area contributed by atoms with E-state index in [1.807, 2.05) is 18.9 Å². The van der Waals surface area contributed by atoms with Gasteiger partial charge < -0.3 is 4.90 Å². The quantitative estimate of drug-likeness (QED) is 0.669. The molecule has 0 aromatic carbocycles. The Bertz CT molecular complexity index is 294. The topological polar surface area (TPSA) is 73.2 Å². The second-order valence-corrected chi connectivity index (χ2v) is 5.19. The predicted molar refractivity (Wildman–Crippen MR) is 55.2 cm³/mol. The maximum absolute atomic E-state index is 11.3. The smallest absolute Gasteiger partial charge is 0.227 e. The molecule has 0 heterocycles. The third-order valence-electron chi connectivity index (χ3n) is 1.98. The molecule has 0 aliphatic rings. The van der Waals surface area contributed by atoms with Crippen LogP contribution in [0.4, 0.5) is 0 Å². The van der Waals surface area contributed by atoms with Gasteiger partial charge in [-0.2, -0.15) is 5.26 Å². The summed E-state index contributed by atoms with van der Waals surface area (Å²) in [6.45, 7) is 5.22. The SMILES string of the molecule is CCN(C)CCNS(=O)(=O)C(C)C#N. The molecule has 0 aromatic rings. The number of sulfonamides is 1. The molecule has 1 unspecified atom stereocenters. The highest BCUT2D eigenvalue weighted by atomic mass is 32.2. The first kappa shape index (κ1) is 13.4. The summed E-state index contributed by atoms with van der Waals surface area (Å²) in [6, 6.07) is 1.69. The lowest BCUT2D eigenvalue weighted by atomic mass is 10.5. The largest absolute Gasteiger partial charge is 0.305 e. The Balaban J connectivity index is 3.97. The minimum Gasteiger partial charge on any atom is -0.305 e. The molecule has 0 saturated heterocycles. The summed E-state index contributed by atoms with van der Waals surface area (Å²) >= 11 is 0.